The third-order valence-electron chi connectivity index (χ3n) is 3.54. The van der Waals surface area contributed by atoms with Crippen LogP contribution in [0.5, 0.6) is 0 Å². The quantitative estimate of drug-likeness (QED) is 0.861. The summed E-state index contributed by atoms with van der Waals surface area (Å²) < 4.78 is 5.36. The molecule has 2 rings (SSSR count). The third kappa shape index (κ3) is 6.30. The standard InChI is InChI=1S/C18H27N3O2/c1-18(2,3)23-17(22)20-16(15-10-6-4-7-11-15)14-19-21-12-8-5-9-13-21/h4,6-7,10-11,14,16H,5,8-9,12-13H2,1-3H3,(H,20,22)/b19-14+. The monoisotopic (exact) mass is 317 g/mol. The summed E-state index contributed by atoms with van der Waals surface area (Å²) in [5.41, 5.74) is 0.467. The number of hydrogen-bond acceptors (Lipinski definition) is 4. The summed E-state index contributed by atoms with van der Waals surface area (Å²) in [5.74, 6) is 0. The van der Waals surface area contributed by atoms with Gasteiger partial charge >= 0.3 is 6.09 Å². The summed E-state index contributed by atoms with van der Waals surface area (Å²) in [6.07, 6.45) is 4.98. The molecule has 1 fully saturated rings. The van der Waals surface area contributed by atoms with Crippen molar-refractivity contribution in [3.05, 3.63) is 35.9 Å². The van der Waals surface area contributed by atoms with E-state index in [2.05, 4.69) is 15.4 Å². The fourth-order valence-electron chi connectivity index (χ4n) is 2.46. The maximum absolute atomic E-state index is 12.1. The number of benzene rings is 1. The number of amides is 1. The number of nitrogens with one attached hydrogen (secondary N) is 1. The van der Waals surface area contributed by atoms with Crippen LogP contribution in [0.3, 0.4) is 0 Å². The minimum atomic E-state index is -0.519. The molecule has 1 unspecified atom stereocenters. The van der Waals surface area contributed by atoms with E-state index in [4.69, 9.17) is 4.74 Å². The summed E-state index contributed by atoms with van der Waals surface area (Å²) in [4.78, 5) is 12.1. The van der Waals surface area contributed by atoms with Gasteiger partial charge in [0, 0.05) is 13.1 Å². The number of hydrazone groups is 1. The molecule has 0 aliphatic carbocycles. The molecule has 5 heteroatoms. The van der Waals surface area contributed by atoms with Crippen molar-refractivity contribution in [2.75, 3.05) is 13.1 Å². The minimum absolute atomic E-state index is 0.298. The fraction of sp³-hybridized carbons (Fsp3) is 0.556. The summed E-state index contributed by atoms with van der Waals surface area (Å²) >= 11 is 0. The van der Waals surface area contributed by atoms with Crippen LogP contribution in [-0.2, 0) is 4.74 Å². The fourth-order valence-corrected chi connectivity index (χ4v) is 2.46. The van der Waals surface area contributed by atoms with Crippen molar-refractivity contribution in [1.82, 2.24) is 10.3 Å². The average molecular weight is 317 g/mol. The van der Waals surface area contributed by atoms with Crippen molar-refractivity contribution >= 4 is 12.3 Å². The predicted octanol–water partition coefficient (Wildman–Crippen LogP) is 3.72. The van der Waals surface area contributed by atoms with Gasteiger partial charge in [-0.25, -0.2) is 4.79 Å². The SMILES string of the molecule is CC(C)(C)OC(=O)NC(/C=N/N1CCCCC1)c1ccccc1. The molecule has 0 saturated carbocycles. The van der Waals surface area contributed by atoms with Crippen LogP contribution in [0.25, 0.3) is 0 Å². The Morgan fingerprint density at radius 2 is 1.87 bits per heavy atom. The van der Waals surface area contributed by atoms with Gasteiger partial charge in [-0.15, -0.1) is 0 Å². The van der Waals surface area contributed by atoms with Gasteiger partial charge in [0.15, 0.2) is 0 Å². The Balaban J connectivity index is 2.06. The van der Waals surface area contributed by atoms with Crippen LogP contribution in [0, 0.1) is 0 Å². The maximum Gasteiger partial charge on any atom is 0.408 e. The van der Waals surface area contributed by atoms with Crippen molar-refractivity contribution in [3.8, 4) is 0 Å². The van der Waals surface area contributed by atoms with E-state index in [0.29, 0.717) is 0 Å². The summed E-state index contributed by atoms with van der Waals surface area (Å²) in [6.45, 7) is 7.51. The van der Waals surface area contributed by atoms with Crippen LogP contribution in [0.15, 0.2) is 35.4 Å². The minimum Gasteiger partial charge on any atom is -0.444 e. The van der Waals surface area contributed by atoms with E-state index >= 15 is 0 Å². The first-order valence-corrected chi connectivity index (χ1v) is 8.27. The van der Waals surface area contributed by atoms with Crippen molar-refractivity contribution in [2.24, 2.45) is 5.10 Å². The Labute approximate surface area is 138 Å². The van der Waals surface area contributed by atoms with E-state index in [1.165, 1.54) is 19.3 Å². The third-order valence-corrected chi connectivity index (χ3v) is 3.54. The average Bonchev–Trinajstić information content (AvgIpc) is 2.51. The first kappa shape index (κ1) is 17.3. The van der Waals surface area contributed by atoms with Gasteiger partial charge in [0.25, 0.3) is 0 Å². The van der Waals surface area contributed by atoms with Gasteiger partial charge < -0.3 is 10.1 Å². The highest BCUT2D eigenvalue weighted by atomic mass is 16.6. The van der Waals surface area contributed by atoms with Crippen LogP contribution >= 0.6 is 0 Å². The number of alkyl carbamates (subject to hydrolysis) is 1. The van der Waals surface area contributed by atoms with Crippen molar-refractivity contribution < 1.29 is 9.53 Å². The van der Waals surface area contributed by atoms with E-state index in [-0.39, 0.29) is 6.04 Å². The van der Waals surface area contributed by atoms with Gasteiger partial charge in [-0.3, -0.25) is 5.01 Å². The molecule has 1 aliphatic rings. The summed E-state index contributed by atoms with van der Waals surface area (Å²) in [7, 11) is 0. The molecule has 1 aliphatic heterocycles. The van der Waals surface area contributed by atoms with Crippen LogP contribution in [0.1, 0.15) is 51.6 Å². The molecule has 1 aromatic rings. The van der Waals surface area contributed by atoms with Crippen LogP contribution < -0.4 is 5.32 Å². The van der Waals surface area contributed by atoms with Gasteiger partial charge in [0.05, 0.1) is 12.3 Å². The lowest BCUT2D eigenvalue weighted by atomic mass is 10.1. The Hall–Kier alpha value is -2.04. The predicted molar refractivity (Wildman–Crippen MR) is 92.5 cm³/mol. The second-order valence-corrected chi connectivity index (χ2v) is 6.81. The molecule has 1 amide bonds. The molecule has 23 heavy (non-hydrogen) atoms. The molecule has 1 N–H and O–H groups in total. The Morgan fingerprint density at radius 1 is 1.22 bits per heavy atom. The zero-order valence-electron chi connectivity index (χ0n) is 14.3. The van der Waals surface area contributed by atoms with E-state index in [9.17, 15) is 4.79 Å². The lowest BCUT2D eigenvalue weighted by Crippen LogP contribution is -2.36. The molecule has 0 bridgehead atoms. The molecular formula is C18H27N3O2. The van der Waals surface area contributed by atoms with Gasteiger partial charge in [0.1, 0.15) is 5.60 Å². The first-order valence-electron chi connectivity index (χ1n) is 8.27. The number of rotatable bonds is 4. The zero-order valence-corrected chi connectivity index (χ0v) is 14.3. The molecule has 5 nitrogen and oxygen atoms in total. The molecule has 1 heterocycles. The number of carbonyl (C=O) groups is 1. The topological polar surface area (TPSA) is 53.9 Å². The van der Waals surface area contributed by atoms with Crippen LogP contribution in [-0.4, -0.2) is 36.0 Å². The molecule has 126 valence electrons. The van der Waals surface area contributed by atoms with Crippen LogP contribution in [0.2, 0.25) is 0 Å². The van der Waals surface area contributed by atoms with Gasteiger partial charge in [-0.05, 0) is 45.6 Å². The molecule has 1 saturated heterocycles. The van der Waals surface area contributed by atoms with E-state index in [0.717, 1.165) is 18.7 Å². The second-order valence-electron chi connectivity index (χ2n) is 6.81. The molecule has 1 aromatic carbocycles. The molecular weight excluding hydrogens is 290 g/mol. The highest BCUT2D eigenvalue weighted by Crippen LogP contribution is 2.14. The molecule has 1 atom stereocenters. The van der Waals surface area contributed by atoms with Gasteiger partial charge in [-0.1, -0.05) is 30.3 Å². The highest BCUT2D eigenvalue weighted by Gasteiger charge is 2.20. The number of piperidine rings is 1. The highest BCUT2D eigenvalue weighted by molar-refractivity contribution is 5.76. The number of nitrogens with zero attached hydrogens (tertiary/aromatic N) is 2. The Bertz CT molecular complexity index is 517. The number of carbonyl (C=O) groups excluding carboxylic acids is 1. The van der Waals surface area contributed by atoms with Gasteiger partial charge in [0.2, 0.25) is 0 Å². The lowest BCUT2D eigenvalue weighted by Gasteiger charge is -2.25. The number of ether oxygens (including phenoxy) is 1. The molecule has 0 radical (unpaired) electrons. The van der Waals surface area contributed by atoms with E-state index in [1.54, 1.807) is 6.21 Å². The second kappa shape index (κ2) is 7.99. The Morgan fingerprint density at radius 3 is 2.48 bits per heavy atom. The van der Waals surface area contributed by atoms with Crippen molar-refractivity contribution in [2.45, 2.75) is 51.7 Å². The first-order chi connectivity index (χ1) is 10.9. The number of hydrogen-bond donors (Lipinski definition) is 1. The van der Waals surface area contributed by atoms with Crippen LogP contribution in [0.4, 0.5) is 4.79 Å². The lowest BCUT2D eigenvalue weighted by molar-refractivity contribution is 0.0518. The smallest absolute Gasteiger partial charge is 0.408 e. The van der Waals surface area contributed by atoms with Gasteiger partial charge in [-0.2, -0.15) is 5.10 Å². The van der Waals surface area contributed by atoms with Crippen molar-refractivity contribution in [3.63, 3.8) is 0 Å². The normalized spacial score (nSPS) is 17.1. The molecule has 0 spiro atoms. The largest absolute Gasteiger partial charge is 0.444 e. The van der Waals surface area contributed by atoms with E-state index < -0.39 is 11.7 Å². The maximum atomic E-state index is 12.1. The Kier molecular flexibility index (Phi) is 6.02. The zero-order chi connectivity index (χ0) is 16.7. The summed E-state index contributed by atoms with van der Waals surface area (Å²) in [5, 5.41) is 9.51. The summed E-state index contributed by atoms with van der Waals surface area (Å²) in [6, 6.07) is 9.51. The molecule has 0 aromatic heterocycles. The van der Waals surface area contributed by atoms with E-state index in [1.807, 2.05) is 51.1 Å². The van der Waals surface area contributed by atoms with Crippen molar-refractivity contribution in [1.29, 1.82) is 0 Å².